The first-order valence-electron chi connectivity index (χ1n) is 4.26. The van der Waals surface area contributed by atoms with E-state index >= 15 is 0 Å². The van der Waals surface area contributed by atoms with Crippen LogP contribution in [0.4, 0.5) is 0 Å². The fraction of sp³-hybridized carbons (Fsp3) is 0.556. The Morgan fingerprint density at radius 2 is 1.33 bits per heavy atom. The van der Waals surface area contributed by atoms with Gasteiger partial charge in [-0.25, -0.2) is 0 Å². The Bertz CT molecular complexity index is 299. The Kier molecular flexibility index (Phi) is 3.18. The van der Waals surface area contributed by atoms with Gasteiger partial charge in [0.25, 0.3) is 0 Å². The van der Waals surface area contributed by atoms with E-state index in [0.29, 0.717) is 0 Å². The summed E-state index contributed by atoms with van der Waals surface area (Å²) in [6.07, 6.45) is -0.156. The first-order chi connectivity index (χ1) is 7.02. The number of methoxy groups -OCH3 is 2. The van der Waals surface area contributed by atoms with Crippen molar-refractivity contribution < 1.29 is 28.7 Å². The van der Waals surface area contributed by atoms with Crippen LogP contribution in [0.5, 0.6) is 0 Å². The quantitative estimate of drug-likeness (QED) is 0.336. The van der Waals surface area contributed by atoms with E-state index in [4.69, 9.17) is 0 Å². The molecule has 0 N–H and O–H groups in total. The molecule has 1 aliphatic carbocycles. The van der Waals surface area contributed by atoms with Crippen LogP contribution < -0.4 is 0 Å². The summed E-state index contributed by atoms with van der Waals surface area (Å²) in [6, 6.07) is 0. The van der Waals surface area contributed by atoms with E-state index in [1.54, 1.807) is 0 Å². The van der Waals surface area contributed by atoms with Gasteiger partial charge in [-0.05, 0) is 6.42 Å². The zero-order valence-corrected chi connectivity index (χ0v) is 8.31. The van der Waals surface area contributed by atoms with Gasteiger partial charge in [-0.3, -0.25) is 19.2 Å². The Morgan fingerprint density at radius 3 is 1.60 bits per heavy atom. The summed E-state index contributed by atoms with van der Waals surface area (Å²) in [6.45, 7) is 0. The van der Waals surface area contributed by atoms with Crippen molar-refractivity contribution in [1.82, 2.24) is 0 Å². The second kappa shape index (κ2) is 4.20. The van der Waals surface area contributed by atoms with E-state index in [2.05, 4.69) is 9.47 Å². The molecule has 6 heteroatoms. The third-order valence-corrected chi connectivity index (χ3v) is 2.32. The number of esters is 2. The van der Waals surface area contributed by atoms with Crippen molar-refractivity contribution in [2.45, 2.75) is 6.42 Å². The number of ether oxygens (including phenoxy) is 2. The summed E-state index contributed by atoms with van der Waals surface area (Å²) < 4.78 is 8.70. The number of rotatable bonds is 2. The maximum Gasteiger partial charge on any atom is 0.316 e. The lowest BCUT2D eigenvalue weighted by Crippen LogP contribution is -2.25. The molecule has 0 spiro atoms. The number of carbonyl (C=O) groups is 4. The predicted molar refractivity (Wildman–Crippen MR) is 45.6 cm³/mol. The lowest BCUT2D eigenvalue weighted by atomic mass is 10.1. The van der Waals surface area contributed by atoms with Gasteiger partial charge in [0.2, 0.25) is 11.6 Å². The molecule has 2 atom stereocenters. The van der Waals surface area contributed by atoms with E-state index in [9.17, 15) is 19.2 Å². The highest BCUT2D eigenvalue weighted by atomic mass is 16.5. The van der Waals surface area contributed by atoms with E-state index in [0.717, 1.165) is 14.2 Å². The van der Waals surface area contributed by atoms with Crippen molar-refractivity contribution in [2.24, 2.45) is 11.8 Å². The minimum atomic E-state index is -1.16. The molecule has 0 aromatic rings. The molecule has 0 aromatic carbocycles. The van der Waals surface area contributed by atoms with E-state index in [-0.39, 0.29) is 6.42 Å². The van der Waals surface area contributed by atoms with E-state index in [1.807, 2.05) is 0 Å². The monoisotopic (exact) mass is 214 g/mol. The SMILES string of the molecule is COC(=O)[C@@H]1C[C@@H](C(=O)OC)C(=O)C1=O. The Hall–Kier alpha value is -1.72. The van der Waals surface area contributed by atoms with Crippen molar-refractivity contribution >= 4 is 23.5 Å². The molecule has 1 rings (SSSR count). The molecule has 15 heavy (non-hydrogen) atoms. The molecule has 0 heterocycles. The van der Waals surface area contributed by atoms with Crippen LogP contribution in [0.1, 0.15) is 6.42 Å². The molecule has 0 radical (unpaired) electrons. The van der Waals surface area contributed by atoms with Gasteiger partial charge in [0, 0.05) is 0 Å². The lowest BCUT2D eigenvalue weighted by molar-refractivity contribution is -0.151. The third kappa shape index (κ3) is 1.88. The largest absolute Gasteiger partial charge is 0.468 e. The summed E-state index contributed by atoms with van der Waals surface area (Å²) >= 11 is 0. The van der Waals surface area contributed by atoms with Gasteiger partial charge in [-0.15, -0.1) is 0 Å². The minimum absolute atomic E-state index is 0.156. The zero-order chi connectivity index (χ0) is 11.6. The lowest BCUT2D eigenvalue weighted by Gasteiger charge is -2.04. The number of Topliss-reactive ketones (excluding diaryl/α,β-unsaturated/α-hetero) is 2. The summed E-state index contributed by atoms with van der Waals surface area (Å²) in [5, 5.41) is 0. The summed E-state index contributed by atoms with van der Waals surface area (Å²) in [7, 11) is 2.23. The van der Waals surface area contributed by atoms with Gasteiger partial charge < -0.3 is 9.47 Å². The van der Waals surface area contributed by atoms with Crippen molar-refractivity contribution in [2.75, 3.05) is 14.2 Å². The molecule has 82 valence electrons. The second-order valence-electron chi connectivity index (χ2n) is 3.12. The van der Waals surface area contributed by atoms with Crippen LogP contribution in [0.3, 0.4) is 0 Å². The fourth-order valence-electron chi connectivity index (χ4n) is 1.48. The van der Waals surface area contributed by atoms with Crippen LogP contribution in [0.25, 0.3) is 0 Å². The summed E-state index contributed by atoms with van der Waals surface area (Å²) in [4.78, 5) is 44.7. The molecular formula is C9H10O6. The molecular weight excluding hydrogens is 204 g/mol. The molecule has 0 aliphatic heterocycles. The first kappa shape index (κ1) is 11.4. The predicted octanol–water partition coefficient (Wildman–Crippen LogP) is -0.893. The van der Waals surface area contributed by atoms with Crippen molar-refractivity contribution in [3.8, 4) is 0 Å². The van der Waals surface area contributed by atoms with Gasteiger partial charge in [0.15, 0.2) is 0 Å². The van der Waals surface area contributed by atoms with Crippen LogP contribution in [0.15, 0.2) is 0 Å². The second-order valence-corrected chi connectivity index (χ2v) is 3.12. The highest BCUT2D eigenvalue weighted by Crippen LogP contribution is 2.26. The normalized spacial score (nSPS) is 25.2. The Morgan fingerprint density at radius 1 is 1.00 bits per heavy atom. The molecule has 1 fully saturated rings. The molecule has 0 saturated heterocycles. The van der Waals surface area contributed by atoms with Crippen LogP contribution in [-0.2, 0) is 28.7 Å². The van der Waals surface area contributed by atoms with Gasteiger partial charge in [0.1, 0.15) is 11.8 Å². The van der Waals surface area contributed by atoms with Gasteiger partial charge in [-0.2, -0.15) is 0 Å². The molecule has 0 unspecified atom stereocenters. The average Bonchev–Trinajstić information content (AvgIpc) is 2.54. The van der Waals surface area contributed by atoms with Crippen LogP contribution in [0.2, 0.25) is 0 Å². The van der Waals surface area contributed by atoms with Gasteiger partial charge >= 0.3 is 11.9 Å². The smallest absolute Gasteiger partial charge is 0.316 e. The fourth-order valence-corrected chi connectivity index (χ4v) is 1.48. The van der Waals surface area contributed by atoms with Gasteiger partial charge in [-0.1, -0.05) is 0 Å². The zero-order valence-electron chi connectivity index (χ0n) is 8.31. The highest BCUT2D eigenvalue weighted by molar-refractivity contribution is 6.46. The standard InChI is InChI=1S/C9H10O6/c1-14-8(12)4-3-5(9(13)15-2)7(11)6(4)10/h4-5H,3H2,1-2H3/t4-,5-/m1/s1. The maximum atomic E-state index is 11.3. The van der Waals surface area contributed by atoms with Gasteiger partial charge in [0.05, 0.1) is 14.2 Å². The molecule has 0 amide bonds. The first-order valence-corrected chi connectivity index (χ1v) is 4.26. The average molecular weight is 214 g/mol. The van der Waals surface area contributed by atoms with Crippen LogP contribution >= 0.6 is 0 Å². The third-order valence-electron chi connectivity index (χ3n) is 2.32. The molecule has 0 bridgehead atoms. The number of ketones is 2. The minimum Gasteiger partial charge on any atom is -0.468 e. The topological polar surface area (TPSA) is 86.7 Å². The Balaban J connectivity index is 2.85. The van der Waals surface area contributed by atoms with Crippen molar-refractivity contribution in [1.29, 1.82) is 0 Å². The van der Waals surface area contributed by atoms with E-state index in [1.165, 1.54) is 0 Å². The number of hydrogen-bond donors (Lipinski definition) is 0. The van der Waals surface area contributed by atoms with Crippen LogP contribution in [-0.4, -0.2) is 37.7 Å². The molecule has 0 aromatic heterocycles. The highest BCUT2D eigenvalue weighted by Gasteiger charge is 2.49. The number of carbonyl (C=O) groups excluding carboxylic acids is 4. The molecule has 6 nitrogen and oxygen atoms in total. The van der Waals surface area contributed by atoms with E-state index < -0.39 is 35.3 Å². The maximum absolute atomic E-state index is 11.3. The number of hydrogen-bond acceptors (Lipinski definition) is 6. The van der Waals surface area contributed by atoms with Crippen LogP contribution in [0, 0.1) is 11.8 Å². The Labute approximate surface area is 85.5 Å². The molecule has 1 aliphatic rings. The summed E-state index contributed by atoms with van der Waals surface area (Å²) in [5.41, 5.74) is 0. The molecule has 1 saturated carbocycles. The summed E-state index contributed by atoms with van der Waals surface area (Å²) in [5.74, 6) is -5.66. The van der Waals surface area contributed by atoms with Crippen molar-refractivity contribution in [3.63, 3.8) is 0 Å². The van der Waals surface area contributed by atoms with Crippen molar-refractivity contribution in [3.05, 3.63) is 0 Å².